The summed E-state index contributed by atoms with van der Waals surface area (Å²) in [6, 6.07) is -1.14. The molecular formula is C9H14N2O7S. The van der Waals surface area contributed by atoms with Gasteiger partial charge in [-0.05, 0) is 6.42 Å². The maximum atomic E-state index is 11.3. The maximum Gasteiger partial charge on any atom is 0.327 e. The van der Waals surface area contributed by atoms with E-state index in [1.54, 1.807) is 0 Å². The number of aliphatic carboxylic acids is 1. The number of carboxylic acid groups (broad SMARTS) is 1. The van der Waals surface area contributed by atoms with E-state index >= 15 is 0 Å². The molecule has 1 amide bonds. The lowest BCUT2D eigenvalue weighted by Crippen LogP contribution is -2.41. The van der Waals surface area contributed by atoms with Gasteiger partial charge in [-0.1, -0.05) is 11.8 Å². The Morgan fingerprint density at radius 1 is 1.47 bits per heavy atom. The van der Waals surface area contributed by atoms with Crippen molar-refractivity contribution in [2.24, 2.45) is 0 Å². The van der Waals surface area contributed by atoms with Crippen LogP contribution in [0.1, 0.15) is 19.8 Å². The van der Waals surface area contributed by atoms with Crippen LogP contribution in [0, 0.1) is 10.1 Å². The first kappa shape index (κ1) is 17.2. The van der Waals surface area contributed by atoms with Crippen LogP contribution < -0.4 is 5.32 Å². The molecule has 0 aliphatic carbocycles. The van der Waals surface area contributed by atoms with Crippen LogP contribution in [0.15, 0.2) is 0 Å². The van der Waals surface area contributed by atoms with Crippen molar-refractivity contribution in [3.05, 3.63) is 10.1 Å². The van der Waals surface area contributed by atoms with Gasteiger partial charge >= 0.3 is 5.97 Å². The molecule has 0 saturated carbocycles. The lowest BCUT2D eigenvalue weighted by molar-refractivity contribution is -0.757. The van der Waals surface area contributed by atoms with Crippen molar-refractivity contribution in [1.82, 2.24) is 5.32 Å². The van der Waals surface area contributed by atoms with E-state index < -0.39 is 23.0 Å². The molecule has 0 aromatic rings. The number of carbonyl (C=O) groups excluding carboxylic acids is 2. The minimum atomic E-state index is -1.23. The Kier molecular flexibility index (Phi) is 8.25. The highest BCUT2D eigenvalue weighted by Gasteiger charge is 2.19. The van der Waals surface area contributed by atoms with Gasteiger partial charge in [0.15, 0.2) is 5.12 Å². The zero-order chi connectivity index (χ0) is 14.8. The lowest BCUT2D eigenvalue weighted by Gasteiger charge is -2.11. The highest BCUT2D eigenvalue weighted by atomic mass is 32.2. The quantitative estimate of drug-likeness (QED) is 0.339. The average molecular weight is 294 g/mol. The van der Waals surface area contributed by atoms with Crippen LogP contribution in [-0.2, 0) is 19.2 Å². The van der Waals surface area contributed by atoms with Gasteiger partial charge in [0.05, 0.1) is 6.61 Å². The number of hydrogen-bond acceptors (Lipinski definition) is 7. The van der Waals surface area contributed by atoms with Gasteiger partial charge in [-0.2, -0.15) is 0 Å². The van der Waals surface area contributed by atoms with E-state index in [-0.39, 0.29) is 30.3 Å². The molecule has 0 aromatic heterocycles. The number of rotatable bonds is 9. The Balaban J connectivity index is 3.88. The van der Waals surface area contributed by atoms with E-state index in [2.05, 4.69) is 10.2 Å². The smallest absolute Gasteiger partial charge is 0.327 e. The minimum absolute atomic E-state index is 0.0327. The molecule has 0 rings (SSSR count). The van der Waals surface area contributed by atoms with Gasteiger partial charge in [-0.3, -0.25) is 9.59 Å². The van der Waals surface area contributed by atoms with Crippen molar-refractivity contribution in [1.29, 1.82) is 0 Å². The van der Waals surface area contributed by atoms with Crippen LogP contribution in [0.5, 0.6) is 0 Å². The van der Waals surface area contributed by atoms with E-state index in [0.717, 1.165) is 11.8 Å². The summed E-state index contributed by atoms with van der Waals surface area (Å²) in [6.07, 6.45) is 0.204. The Morgan fingerprint density at radius 3 is 2.58 bits per heavy atom. The average Bonchev–Trinajstić information content (AvgIpc) is 2.29. The third-order valence-electron chi connectivity index (χ3n) is 1.81. The van der Waals surface area contributed by atoms with Gasteiger partial charge in [0.25, 0.3) is 5.09 Å². The molecule has 9 nitrogen and oxygen atoms in total. The van der Waals surface area contributed by atoms with Crippen molar-refractivity contribution in [2.45, 2.75) is 25.8 Å². The van der Waals surface area contributed by atoms with Crippen molar-refractivity contribution in [3.63, 3.8) is 0 Å². The topological polar surface area (TPSA) is 136 Å². The summed E-state index contributed by atoms with van der Waals surface area (Å²) in [5, 5.41) is 19.5. The van der Waals surface area contributed by atoms with Gasteiger partial charge in [0, 0.05) is 19.1 Å². The highest BCUT2D eigenvalue weighted by molar-refractivity contribution is 8.13. The van der Waals surface area contributed by atoms with Crippen molar-refractivity contribution in [3.8, 4) is 0 Å². The van der Waals surface area contributed by atoms with Crippen LogP contribution in [-0.4, -0.2) is 45.6 Å². The Morgan fingerprint density at radius 2 is 2.11 bits per heavy atom. The highest BCUT2D eigenvalue weighted by Crippen LogP contribution is 2.09. The zero-order valence-corrected chi connectivity index (χ0v) is 11.0. The van der Waals surface area contributed by atoms with Crippen LogP contribution in [0.3, 0.4) is 0 Å². The third-order valence-corrected chi connectivity index (χ3v) is 2.83. The number of carbonyl (C=O) groups is 3. The van der Waals surface area contributed by atoms with Gasteiger partial charge < -0.3 is 15.3 Å². The molecule has 1 unspecified atom stereocenters. The number of amides is 1. The SMILES string of the molecule is CC(=O)NC(CSC(=O)CCCO[N+](=O)[O-])C(=O)O. The monoisotopic (exact) mass is 294 g/mol. The summed E-state index contributed by atoms with van der Waals surface area (Å²) in [6.45, 7) is 0.991. The number of carboxylic acids is 1. The first-order chi connectivity index (χ1) is 8.82. The Hall–Kier alpha value is -1.84. The molecule has 0 bridgehead atoms. The maximum absolute atomic E-state index is 11.3. The number of thioether (sulfide) groups is 1. The first-order valence-electron chi connectivity index (χ1n) is 5.25. The van der Waals surface area contributed by atoms with Crippen LogP contribution in [0.25, 0.3) is 0 Å². The standard InChI is InChI=1S/C9H14N2O7S/c1-6(12)10-7(9(14)15)5-19-8(13)3-2-4-18-11(16)17/h7H,2-5H2,1H3,(H,10,12)(H,14,15). The van der Waals surface area contributed by atoms with Crippen molar-refractivity contribution in [2.75, 3.05) is 12.4 Å². The molecule has 0 aromatic carbocycles. The van der Waals surface area contributed by atoms with Crippen LogP contribution in [0.4, 0.5) is 0 Å². The largest absolute Gasteiger partial charge is 0.480 e. The van der Waals surface area contributed by atoms with E-state index in [9.17, 15) is 24.5 Å². The van der Waals surface area contributed by atoms with Crippen LogP contribution >= 0.6 is 11.8 Å². The molecule has 19 heavy (non-hydrogen) atoms. The summed E-state index contributed by atoms with van der Waals surface area (Å²) in [7, 11) is 0. The molecule has 0 radical (unpaired) electrons. The Labute approximate surface area is 112 Å². The van der Waals surface area contributed by atoms with Gasteiger partial charge in [-0.25, -0.2) is 4.79 Å². The van der Waals surface area contributed by atoms with Crippen molar-refractivity contribution >= 4 is 28.8 Å². The predicted molar refractivity (Wildman–Crippen MR) is 64.9 cm³/mol. The summed E-state index contributed by atoms with van der Waals surface area (Å²) in [5.74, 6) is -1.82. The van der Waals surface area contributed by atoms with E-state index in [1.165, 1.54) is 6.92 Å². The summed E-state index contributed by atoms with van der Waals surface area (Å²) < 4.78 is 0. The molecule has 0 aliphatic heterocycles. The van der Waals surface area contributed by atoms with Gasteiger partial charge in [0.1, 0.15) is 6.04 Å². The van der Waals surface area contributed by atoms with E-state index in [4.69, 9.17) is 5.11 Å². The summed E-state index contributed by atoms with van der Waals surface area (Å²) in [5.41, 5.74) is 0. The second-order valence-electron chi connectivity index (χ2n) is 3.43. The van der Waals surface area contributed by atoms with E-state index in [1.807, 2.05) is 0 Å². The molecule has 0 saturated heterocycles. The number of nitrogens with zero attached hydrogens (tertiary/aromatic N) is 1. The minimum Gasteiger partial charge on any atom is -0.480 e. The number of hydrogen-bond donors (Lipinski definition) is 2. The van der Waals surface area contributed by atoms with Crippen LogP contribution in [0.2, 0.25) is 0 Å². The predicted octanol–water partition coefficient (Wildman–Crippen LogP) is -0.176. The first-order valence-corrected chi connectivity index (χ1v) is 6.24. The second-order valence-corrected chi connectivity index (χ2v) is 4.51. The molecule has 108 valence electrons. The molecule has 0 spiro atoms. The molecule has 1 atom stereocenters. The summed E-state index contributed by atoms with van der Waals surface area (Å²) >= 11 is 0.754. The fourth-order valence-corrected chi connectivity index (χ4v) is 1.89. The van der Waals surface area contributed by atoms with E-state index in [0.29, 0.717) is 0 Å². The molecule has 0 heterocycles. The molecule has 0 fully saturated rings. The molecule has 2 N–H and O–H groups in total. The van der Waals surface area contributed by atoms with Gasteiger partial charge in [0.2, 0.25) is 5.91 Å². The third kappa shape index (κ3) is 9.83. The lowest BCUT2D eigenvalue weighted by atomic mass is 10.3. The fraction of sp³-hybridized carbons (Fsp3) is 0.667. The second kappa shape index (κ2) is 9.14. The number of nitrogens with one attached hydrogen (secondary N) is 1. The normalized spacial score (nSPS) is 11.4. The molecule has 0 aliphatic rings. The zero-order valence-electron chi connectivity index (χ0n) is 10.2. The molecular weight excluding hydrogens is 280 g/mol. The van der Waals surface area contributed by atoms with Gasteiger partial charge in [-0.15, -0.1) is 10.1 Å². The molecule has 10 heteroatoms. The summed E-state index contributed by atoms with van der Waals surface area (Å²) in [4.78, 5) is 46.7. The van der Waals surface area contributed by atoms with Crippen molar-refractivity contribution < 1.29 is 29.4 Å². The fourth-order valence-electron chi connectivity index (χ4n) is 1.02. The Bertz CT molecular complexity index is 360.